The van der Waals surface area contributed by atoms with Gasteiger partial charge in [-0.05, 0) is 54.8 Å². The molecule has 0 bridgehead atoms. The van der Waals surface area contributed by atoms with E-state index in [0.29, 0.717) is 43.1 Å². The first kappa shape index (κ1) is 23.9. The lowest BCUT2D eigenvalue weighted by Gasteiger charge is -2.29. The van der Waals surface area contributed by atoms with Gasteiger partial charge in [-0.1, -0.05) is 12.1 Å². The molecular formula is C26H29FN2O5. The molecular weight excluding hydrogens is 439 g/mol. The lowest BCUT2D eigenvalue weighted by atomic mass is 9.94. The number of ether oxygens (including phenoxy) is 2. The summed E-state index contributed by atoms with van der Waals surface area (Å²) in [6.45, 7) is 5.96. The van der Waals surface area contributed by atoms with Crippen LogP contribution in [0.3, 0.4) is 0 Å². The number of likely N-dealkylation sites (tertiary alicyclic amines) is 1. The van der Waals surface area contributed by atoms with E-state index in [9.17, 15) is 19.1 Å². The maximum Gasteiger partial charge on any atom is 0.295 e. The van der Waals surface area contributed by atoms with Gasteiger partial charge in [0.25, 0.3) is 11.7 Å². The largest absolute Gasteiger partial charge is 0.507 e. The minimum Gasteiger partial charge on any atom is -0.507 e. The van der Waals surface area contributed by atoms with E-state index in [4.69, 9.17) is 9.47 Å². The van der Waals surface area contributed by atoms with E-state index in [-0.39, 0.29) is 11.3 Å². The first-order valence-electron chi connectivity index (χ1n) is 11.4. The average molecular weight is 469 g/mol. The van der Waals surface area contributed by atoms with Gasteiger partial charge in [0.2, 0.25) is 0 Å². The molecule has 0 spiro atoms. The molecule has 1 unspecified atom stereocenters. The third-order valence-electron chi connectivity index (χ3n) is 6.37. The van der Waals surface area contributed by atoms with E-state index in [1.807, 2.05) is 6.92 Å². The number of aryl methyl sites for hydroxylation is 1. The second-order valence-electron chi connectivity index (χ2n) is 8.54. The van der Waals surface area contributed by atoms with Gasteiger partial charge in [-0.25, -0.2) is 4.39 Å². The summed E-state index contributed by atoms with van der Waals surface area (Å²) < 4.78 is 24.3. The maximum absolute atomic E-state index is 13.6. The van der Waals surface area contributed by atoms with Crippen molar-refractivity contribution in [2.45, 2.75) is 19.4 Å². The Kier molecular flexibility index (Phi) is 7.29. The first-order valence-corrected chi connectivity index (χ1v) is 11.4. The number of nitrogens with zero attached hydrogens (tertiary/aromatic N) is 2. The molecule has 1 atom stereocenters. The summed E-state index contributed by atoms with van der Waals surface area (Å²) in [5.74, 6) is -1.43. The zero-order chi connectivity index (χ0) is 24.2. The van der Waals surface area contributed by atoms with Gasteiger partial charge in [0.15, 0.2) is 0 Å². The lowest BCUT2D eigenvalue weighted by Crippen LogP contribution is -2.38. The SMILES string of the molecule is COc1ccc(/C(O)=C2/C(=O)C(=O)N(CCCN3CCOCC3)C2c2ccc(F)cc2)cc1C. The Balaban J connectivity index is 1.68. The van der Waals surface area contributed by atoms with Crippen molar-refractivity contribution in [1.29, 1.82) is 0 Å². The van der Waals surface area contributed by atoms with E-state index in [1.165, 1.54) is 17.0 Å². The Morgan fingerprint density at radius 2 is 1.82 bits per heavy atom. The number of carbonyl (C=O) groups is 2. The van der Waals surface area contributed by atoms with Crippen LogP contribution in [0.15, 0.2) is 48.0 Å². The van der Waals surface area contributed by atoms with Gasteiger partial charge in [-0.2, -0.15) is 0 Å². The molecule has 2 aliphatic rings. The van der Waals surface area contributed by atoms with Gasteiger partial charge in [0, 0.05) is 31.7 Å². The molecule has 0 aliphatic carbocycles. The highest BCUT2D eigenvalue weighted by Gasteiger charge is 2.45. The van der Waals surface area contributed by atoms with E-state index in [2.05, 4.69) is 4.90 Å². The number of aliphatic hydroxyl groups excluding tert-OH is 1. The Morgan fingerprint density at radius 1 is 1.12 bits per heavy atom. The number of Topliss-reactive ketones (excluding diaryl/α,β-unsaturated/α-hetero) is 1. The molecule has 34 heavy (non-hydrogen) atoms. The van der Waals surface area contributed by atoms with Crippen LogP contribution in [0.4, 0.5) is 4.39 Å². The second kappa shape index (κ2) is 10.4. The number of carbonyl (C=O) groups excluding carboxylic acids is 2. The summed E-state index contributed by atoms with van der Waals surface area (Å²) in [6.07, 6.45) is 0.659. The third-order valence-corrected chi connectivity index (χ3v) is 6.37. The number of hydrogen-bond acceptors (Lipinski definition) is 6. The number of morpholine rings is 1. The van der Waals surface area contributed by atoms with Crippen LogP contribution in [-0.2, 0) is 14.3 Å². The number of rotatable bonds is 7. The zero-order valence-electron chi connectivity index (χ0n) is 19.4. The molecule has 8 heteroatoms. The lowest BCUT2D eigenvalue weighted by molar-refractivity contribution is -0.140. The van der Waals surface area contributed by atoms with Crippen molar-refractivity contribution in [2.75, 3.05) is 46.5 Å². The van der Waals surface area contributed by atoms with Crippen molar-refractivity contribution in [3.63, 3.8) is 0 Å². The minimum atomic E-state index is -0.798. The number of methoxy groups -OCH3 is 1. The molecule has 7 nitrogen and oxygen atoms in total. The van der Waals surface area contributed by atoms with Gasteiger partial charge >= 0.3 is 0 Å². The van der Waals surface area contributed by atoms with Crippen LogP contribution in [0.1, 0.15) is 29.2 Å². The Hall–Kier alpha value is -3.23. The second-order valence-corrected chi connectivity index (χ2v) is 8.54. The standard InChI is InChI=1S/C26H29FN2O5/c1-17-16-19(6-9-21(17)33-2)24(30)22-23(18-4-7-20(27)8-5-18)29(26(32)25(22)31)11-3-10-28-12-14-34-15-13-28/h4-9,16,23,30H,3,10-15H2,1-2H3/b24-22-. The average Bonchev–Trinajstić information content (AvgIpc) is 3.09. The number of benzene rings is 2. The van der Waals surface area contributed by atoms with Crippen LogP contribution in [0, 0.1) is 12.7 Å². The summed E-state index contributed by atoms with van der Waals surface area (Å²) in [7, 11) is 1.55. The predicted octanol–water partition coefficient (Wildman–Crippen LogP) is 3.29. The fraction of sp³-hybridized carbons (Fsp3) is 0.385. The van der Waals surface area contributed by atoms with Gasteiger partial charge < -0.3 is 19.5 Å². The molecule has 0 saturated carbocycles. The zero-order valence-corrected chi connectivity index (χ0v) is 19.4. The molecule has 2 saturated heterocycles. The van der Waals surface area contributed by atoms with Crippen molar-refractivity contribution in [2.24, 2.45) is 0 Å². The van der Waals surface area contributed by atoms with E-state index < -0.39 is 23.5 Å². The normalized spacial score (nSPS) is 20.7. The van der Waals surface area contributed by atoms with Crippen LogP contribution in [0.2, 0.25) is 0 Å². The summed E-state index contributed by atoms with van der Waals surface area (Å²) in [4.78, 5) is 29.9. The summed E-state index contributed by atoms with van der Waals surface area (Å²) >= 11 is 0. The smallest absolute Gasteiger partial charge is 0.295 e. The molecule has 2 aromatic rings. The van der Waals surface area contributed by atoms with Gasteiger partial charge in [-0.3, -0.25) is 14.5 Å². The fourth-order valence-electron chi connectivity index (χ4n) is 4.57. The highest BCUT2D eigenvalue weighted by molar-refractivity contribution is 6.46. The molecule has 2 fully saturated rings. The van der Waals surface area contributed by atoms with Gasteiger partial charge in [-0.15, -0.1) is 0 Å². The molecule has 180 valence electrons. The van der Waals surface area contributed by atoms with E-state index >= 15 is 0 Å². The van der Waals surface area contributed by atoms with Gasteiger partial charge in [0.05, 0.1) is 31.9 Å². The number of aliphatic hydroxyl groups is 1. The number of amides is 1. The van der Waals surface area contributed by atoms with Gasteiger partial charge in [0.1, 0.15) is 17.3 Å². The number of halogens is 1. The van der Waals surface area contributed by atoms with Crippen molar-refractivity contribution < 1.29 is 28.6 Å². The summed E-state index contributed by atoms with van der Waals surface area (Å²) in [6, 6.07) is 9.95. The van der Waals surface area contributed by atoms with Crippen molar-refractivity contribution in [3.05, 3.63) is 70.5 Å². The van der Waals surface area contributed by atoms with E-state index in [0.717, 1.165) is 25.2 Å². The van der Waals surface area contributed by atoms with Crippen LogP contribution in [0.5, 0.6) is 5.75 Å². The van der Waals surface area contributed by atoms with Crippen molar-refractivity contribution in [1.82, 2.24) is 9.80 Å². The molecule has 2 aromatic carbocycles. The topological polar surface area (TPSA) is 79.3 Å². The Labute approximate surface area is 198 Å². The Morgan fingerprint density at radius 3 is 2.47 bits per heavy atom. The predicted molar refractivity (Wildman–Crippen MR) is 125 cm³/mol. The molecule has 4 rings (SSSR count). The molecule has 1 amide bonds. The van der Waals surface area contributed by atoms with Crippen LogP contribution >= 0.6 is 0 Å². The van der Waals surface area contributed by atoms with Crippen molar-refractivity contribution in [3.8, 4) is 5.75 Å². The molecule has 0 aromatic heterocycles. The van der Waals surface area contributed by atoms with Crippen LogP contribution in [0.25, 0.3) is 5.76 Å². The van der Waals surface area contributed by atoms with Crippen LogP contribution in [-0.4, -0.2) is 73.1 Å². The first-order chi connectivity index (χ1) is 16.4. The quantitative estimate of drug-likeness (QED) is 0.382. The molecule has 0 radical (unpaired) electrons. The van der Waals surface area contributed by atoms with E-state index in [1.54, 1.807) is 37.4 Å². The maximum atomic E-state index is 13.6. The molecule has 1 N–H and O–H groups in total. The third kappa shape index (κ3) is 4.83. The Bertz CT molecular complexity index is 1090. The van der Waals surface area contributed by atoms with Crippen molar-refractivity contribution >= 4 is 17.4 Å². The highest BCUT2D eigenvalue weighted by atomic mass is 19.1. The monoisotopic (exact) mass is 468 g/mol. The fourth-order valence-corrected chi connectivity index (χ4v) is 4.57. The molecule has 2 aliphatic heterocycles. The molecule has 2 heterocycles. The van der Waals surface area contributed by atoms with Crippen LogP contribution < -0.4 is 4.74 Å². The summed E-state index contributed by atoms with van der Waals surface area (Å²) in [5.41, 5.74) is 1.77. The summed E-state index contributed by atoms with van der Waals surface area (Å²) in [5, 5.41) is 11.2. The highest BCUT2D eigenvalue weighted by Crippen LogP contribution is 2.40. The minimum absolute atomic E-state index is 0.00699. The number of ketones is 1. The number of hydrogen-bond donors (Lipinski definition) is 1.